The van der Waals surface area contributed by atoms with E-state index in [0.29, 0.717) is 19.5 Å². The SMILES string of the molecule is O=C(O)c1ccsc1-c1sccc1C(=O)OC(=O)c1ccsc1-c1sccc1C(=O)O. The molecule has 2 N–H and O–H groups in total. The first-order valence-electron chi connectivity index (χ1n) is 8.42. The van der Waals surface area contributed by atoms with E-state index in [-0.39, 0.29) is 22.3 Å². The minimum Gasteiger partial charge on any atom is -0.478 e. The molecule has 0 radical (unpaired) electrons. The van der Waals surface area contributed by atoms with Crippen molar-refractivity contribution in [3.63, 3.8) is 0 Å². The number of carboxylic acid groups (broad SMARTS) is 2. The van der Waals surface area contributed by atoms with Gasteiger partial charge >= 0.3 is 23.9 Å². The van der Waals surface area contributed by atoms with E-state index in [1.54, 1.807) is 21.5 Å². The van der Waals surface area contributed by atoms with E-state index in [1.165, 1.54) is 69.6 Å². The Hall–Kier alpha value is -3.12. The summed E-state index contributed by atoms with van der Waals surface area (Å²) < 4.78 is 5.07. The summed E-state index contributed by atoms with van der Waals surface area (Å²) in [4.78, 5) is 49.9. The molecule has 0 amide bonds. The fourth-order valence-corrected chi connectivity index (χ4v) is 6.72. The van der Waals surface area contributed by atoms with Crippen LogP contribution < -0.4 is 0 Å². The molecule has 11 heteroatoms. The standard InChI is InChI=1S/C20H10O7S4/c21-17(22)9-1-5-28-13(9)15-11(3-7-30-15)19(25)27-20(26)12-4-8-31-16(12)14-10(18(23)24)2-6-29-14/h1-8H,(H,21,22)(H,23,24). The highest BCUT2D eigenvalue weighted by Crippen LogP contribution is 2.38. The van der Waals surface area contributed by atoms with Crippen molar-refractivity contribution in [2.24, 2.45) is 0 Å². The monoisotopic (exact) mass is 490 g/mol. The first kappa shape index (κ1) is 21.1. The lowest BCUT2D eigenvalue weighted by Gasteiger charge is -2.06. The van der Waals surface area contributed by atoms with Crippen LogP contribution in [0.5, 0.6) is 0 Å². The summed E-state index contributed by atoms with van der Waals surface area (Å²) in [6.07, 6.45) is 0. The van der Waals surface area contributed by atoms with Gasteiger partial charge in [0.05, 0.1) is 41.8 Å². The molecule has 31 heavy (non-hydrogen) atoms. The zero-order valence-electron chi connectivity index (χ0n) is 15.2. The lowest BCUT2D eigenvalue weighted by molar-refractivity contribution is 0.0398. The van der Waals surface area contributed by atoms with Gasteiger partial charge in [-0.2, -0.15) is 0 Å². The first-order chi connectivity index (χ1) is 14.9. The summed E-state index contributed by atoms with van der Waals surface area (Å²) in [6, 6.07) is 5.83. The highest BCUT2D eigenvalue weighted by molar-refractivity contribution is 7.21. The van der Waals surface area contributed by atoms with Gasteiger partial charge in [0.15, 0.2) is 0 Å². The van der Waals surface area contributed by atoms with Crippen LogP contribution in [0.25, 0.3) is 19.5 Å². The minimum absolute atomic E-state index is 0.0619. The van der Waals surface area contributed by atoms with Crippen molar-refractivity contribution in [1.29, 1.82) is 0 Å². The fraction of sp³-hybridized carbons (Fsp3) is 0. The average Bonchev–Trinajstić information content (AvgIpc) is 3.53. The maximum Gasteiger partial charge on any atom is 0.347 e. The molecule has 0 saturated heterocycles. The Morgan fingerprint density at radius 2 is 0.839 bits per heavy atom. The van der Waals surface area contributed by atoms with Crippen molar-refractivity contribution in [3.8, 4) is 19.5 Å². The van der Waals surface area contributed by atoms with Gasteiger partial charge in [0.25, 0.3) is 0 Å². The topological polar surface area (TPSA) is 118 Å². The maximum atomic E-state index is 12.7. The second-order valence-corrected chi connectivity index (χ2v) is 9.61. The molecule has 4 rings (SSSR count). The van der Waals surface area contributed by atoms with E-state index < -0.39 is 23.9 Å². The van der Waals surface area contributed by atoms with Crippen molar-refractivity contribution in [3.05, 3.63) is 68.0 Å². The van der Waals surface area contributed by atoms with Crippen LogP contribution in [0.4, 0.5) is 0 Å². The van der Waals surface area contributed by atoms with Gasteiger partial charge in [-0.3, -0.25) is 0 Å². The molecule has 4 aromatic heterocycles. The Bertz CT molecular complexity index is 1220. The average molecular weight is 491 g/mol. The predicted molar refractivity (Wildman–Crippen MR) is 119 cm³/mol. The first-order valence-corrected chi connectivity index (χ1v) is 11.9. The molecule has 0 fully saturated rings. The maximum absolute atomic E-state index is 12.7. The number of hydrogen-bond donors (Lipinski definition) is 2. The molecule has 4 heterocycles. The number of carboxylic acids is 2. The van der Waals surface area contributed by atoms with E-state index in [4.69, 9.17) is 4.74 Å². The Morgan fingerprint density at radius 1 is 0.548 bits per heavy atom. The van der Waals surface area contributed by atoms with Crippen LogP contribution in [0, 0.1) is 0 Å². The lowest BCUT2D eigenvalue weighted by atomic mass is 10.1. The van der Waals surface area contributed by atoms with Gasteiger partial charge in [0.1, 0.15) is 0 Å². The van der Waals surface area contributed by atoms with Crippen molar-refractivity contribution >= 4 is 69.2 Å². The van der Waals surface area contributed by atoms with Crippen molar-refractivity contribution in [1.82, 2.24) is 0 Å². The number of esters is 2. The molecule has 0 aliphatic carbocycles. The summed E-state index contributed by atoms with van der Waals surface area (Å²) in [7, 11) is 0. The van der Waals surface area contributed by atoms with Crippen molar-refractivity contribution in [2.45, 2.75) is 0 Å². The number of carbonyl (C=O) groups excluding carboxylic acids is 2. The number of thiophene rings is 4. The molecule has 0 atom stereocenters. The number of hydrogen-bond acceptors (Lipinski definition) is 9. The normalized spacial score (nSPS) is 10.7. The smallest absolute Gasteiger partial charge is 0.347 e. The van der Waals surface area contributed by atoms with Crippen molar-refractivity contribution in [2.75, 3.05) is 0 Å². The summed E-state index contributed by atoms with van der Waals surface area (Å²) in [6.45, 7) is 0. The van der Waals surface area contributed by atoms with Crippen LogP contribution in [0.15, 0.2) is 45.8 Å². The third-order valence-electron chi connectivity index (χ3n) is 4.16. The summed E-state index contributed by atoms with van der Waals surface area (Å²) in [5, 5.41) is 25.1. The Morgan fingerprint density at radius 3 is 1.16 bits per heavy atom. The van der Waals surface area contributed by atoms with Crippen LogP contribution in [0.1, 0.15) is 41.4 Å². The van der Waals surface area contributed by atoms with Gasteiger partial charge in [0, 0.05) is 0 Å². The Balaban J connectivity index is 1.62. The number of ether oxygens (including phenoxy) is 1. The van der Waals surface area contributed by atoms with E-state index in [1.807, 2.05) is 0 Å². The highest BCUT2D eigenvalue weighted by Gasteiger charge is 2.26. The van der Waals surface area contributed by atoms with Gasteiger partial charge in [-0.05, 0) is 45.8 Å². The fourth-order valence-electron chi connectivity index (χ4n) is 2.79. The summed E-state index contributed by atoms with van der Waals surface area (Å²) >= 11 is 4.69. The molecule has 156 valence electrons. The zero-order valence-corrected chi connectivity index (χ0v) is 18.5. The molecule has 0 aliphatic rings. The van der Waals surface area contributed by atoms with E-state index in [0.717, 1.165) is 0 Å². The summed E-state index contributed by atoms with van der Waals surface area (Å²) in [5.74, 6) is -4.05. The quantitative estimate of drug-likeness (QED) is 0.264. The molecule has 4 aromatic rings. The van der Waals surface area contributed by atoms with Crippen molar-refractivity contribution < 1.29 is 34.1 Å². The van der Waals surface area contributed by atoms with Crippen LogP contribution in [-0.4, -0.2) is 34.1 Å². The summed E-state index contributed by atoms with van der Waals surface area (Å²) in [5.41, 5.74) is 0.295. The predicted octanol–water partition coefficient (Wildman–Crippen LogP) is 5.66. The minimum atomic E-state index is -1.12. The molecule has 0 bridgehead atoms. The molecule has 0 saturated carbocycles. The van der Waals surface area contributed by atoms with E-state index in [2.05, 4.69) is 0 Å². The second-order valence-electron chi connectivity index (χ2n) is 5.94. The largest absolute Gasteiger partial charge is 0.478 e. The lowest BCUT2D eigenvalue weighted by Crippen LogP contribution is -2.13. The third kappa shape index (κ3) is 3.95. The zero-order chi connectivity index (χ0) is 22.1. The number of rotatable bonds is 6. The Labute approximate surface area is 190 Å². The van der Waals surface area contributed by atoms with Crippen LogP contribution in [0.3, 0.4) is 0 Å². The van der Waals surface area contributed by atoms with Gasteiger partial charge < -0.3 is 14.9 Å². The highest BCUT2D eigenvalue weighted by atomic mass is 32.1. The van der Waals surface area contributed by atoms with Gasteiger partial charge in [-0.1, -0.05) is 0 Å². The molecule has 0 aromatic carbocycles. The second kappa shape index (κ2) is 8.55. The van der Waals surface area contributed by atoms with Crippen LogP contribution in [0.2, 0.25) is 0 Å². The molecular weight excluding hydrogens is 480 g/mol. The molecular formula is C20H10O7S4. The van der Waals surface area contributed by atoms with E-state index in [9.17, 15) is 29.4 Å². The van der Waals surface area contributed by atoms with Gasteiger partial charge in [-0.15, -0.1) is 45.3 Å². The molecule has 0 spiro atoms. The van der Waals surface area contributed by atoms with Crippen LogP contribution in [-0.2, 0) is 4.74 Å². The molecule has 0 unspecified atom stereocenters. The van der Waals surface area contributed by atoms with Gasteiger partial charge in [-0.25, -0.2) is 19.2 Å². The Kier molecular flexibility index (Phi) is 5.83. The number of carbonyl (C=O) groups is 4. The number of aromatic carboxylic acids is 2. The molecule has 7 nitrogen and oxygen atoms in total. The van der Waals surface area contributed by atoms with E-state index >= 15 is 0 Å². The van der Waals surface area contributed by atoms with Crippen LogP contribution >= 0.6 is 45.3 Å². The molecule has 0 aliphatic heterocycles. The third-order valence-corrected chi connectivity index (χ3v) is 8.15. The van der Waals surface area contributed by atoms with Gasteiger partial charge in [0.2, 0.25) is 0 Å².